The zero-order chi connectivity index (χ0) is 23.8. The Morgan fingerprint density at radius 1 is 0.706 bits per heavy atom. The summed E-state index contributed by atoms with van der Waals surface area (Å²) in [6, 6.07) is 15.3. The van der Waals surface area contributed by atoms with Gasteiger partial charge in [-0.05, 0) is 55.2 Å². The summed E-state index contributed by atoms with van der Waals surface area (Å²) in [7, 11) is 0. The van der Waals surface area contributed by atoms with Gasteiger partial charge in [-0.3, -0.25) is 9.59 Å². The minimum Gasteiger partial charge on any atom is -0.363 e. The fourth-order valence-corrected chi connectivity index (χ4v) is 4.59. The number of aromatic nitrogens is 2. The average Bonchev–Trinajstić information content (AvgIpc) is 3.11. The van der Waals surface area contributed by atoms with Crippen LogP contribution in [0, 0.1) is 20.8 Å². The molecule has 7 heteroatoms. The van der Waals surface area contributed by atoms with Crippen molar-refractivity contribution in [3.8, 4) is 0 Å². The molecule has 3 aromatic rings. The minimum absolute atomic E-state index is 0.267. The molecule has 2 amide bonds. The number of anilines is 2. The van der Waals surface area contributed by atoms with E-state index in [9.17, 15) is 9.59 Å². The molecule has 0 bridgehead atoms. The maximum Gasteiger partial charge on any atom is 0.282 e. The first-order chi connectivity index (χ1) is 16.5. The number of para-hydroxylation sites is 1. The van der Waals surface area contributed by atoms with E-state index in [2.05, 4.69) is 14.9 Å². The second-order valence-electron chi connectivity index (χ2n) is 8.78. The quantitative estimate of drug-likeness (QED) is 0.563. The number of nitrogens with zero attached hydrogens (tertiary/aromatic N) is 5. The van der Waals surface area contributed by atoms with Gasteiger partial charge in [-0.25, -0.2) is 14.9 Å². The van der Waals surface area contributed by atoms with Crippen molar-refractivity contribution in [3.63, 3.8) is 0 Å². The lowest BCUT2D eigenvalue weighted by Gasteiger charge is -2.36. The van der Waals surface area contributed by atoms with Crippen molar-refractivity contribution in [2.45, 2.75) is 20.8 Å². The number of amides is 2. The summed E-state index contributed by atoms with van der Waals surface area (Å²) in [5.74, 6) is 0.143. The molecule has 2 aliphatic heterocycles. The molecule has 0 saturated carbocycles. The van der Waals surface area contributed by atoms with Crippen LogP contribution >= 0.6 is 0 Å². The van der Waals surface area contributed by atoms with E-state index in [4.69, 9.17) is 0 Å². The van der Waals surface area contributed by atoms with Crippen LogP contribution in [0.2, 0.25) is 0 Å². The van der Waals surface area contributed by atoms with Crippen molar-refractivity contribution in [1.29, 1.82) is 0 Å². The number of imide groups is 1. The third-order valence-electron chi connectivity index (χ3n) is 6.64. The molecule has 1 fully saturated rings. The maximum absolute atomic E-state index is 13.8. The minimum atomic E-state index is -0.272. The fraction of sp³-hybridized carbons (Fsp3) is 0.259. The number of carbonyl (C=O) groups is 2. The molecule has 1 saturated heterocycles. The fourth-order valence-electron chi connectivity index (χ4n) is 4.59. The summed E-state index contributed by atoms with van der Waals surface area (Å²) in [4.78, 5) is 41.8. The van der Waals surface area contributed by atoms with Crippen molar-refractivity contribution in [3.05, 3.63) is 88.9 Å². The second kappa shape index (κ2) is 8.74. The molecule has 0 N–H and O–H groups in total. The standard InChI is InChI=1S/C27H27N5O2/c1-18-9-10-21(17-20(18)3)23-24(26(34)32(25(23)33)22-8-5-4-7-19(22)2)30-13-15-31(16-14-30)27-28-11-6-12-29-27/h4-12,17H,13-16H2,1-3H3. The van der Waals surface area contributed by atoms with E-state index in [0.717, 1.165) is 22.3 Å². The van der Waals surface area contributed by atoms with Crippen LogP contribution in [0.25, 0.3) is 5.57 Å². The van der Waals surface area contributed by atoms with E-state index in [-0.39, 0.29) is 11.8 Å². The summed E-state index contributed by atoms with van der Waals surface area (Å²) < 4.78 is 0. The summed E-state index contributed by atoms with van der Waals surface area (Å²) in [6.45, 7) is 8.52. The van der Waals surface area contributed by atoms with E-state index < -0.39 is 0 Å². The van der Waals surface area contributed by atoms with E-state index in [0.29, 0.717) is 49.1 Å². The van der Waals surface area contributed by atoms with E-state index in [1.165, 1.54) is 4.90 Å². The van der Waals surface area contributed by atoms with Gasteiger partial charge in [0.05, 0.1) is 11.3 Å². The van der Waals surface area contributed by atoms with Crippen molar-refractivity contribution >= 4 is 29.0 Å². The van der Waals surface area contributed by atoms with Crippen molar-refractivity contribution in [2.24, 2.45) is 0 Å². The monoisotopic (exact) mass is 453 g/mol. The molecule has 7 nitrogen and oxygen atoms in total. The van der Waals surface area contributed by atoms with Crippen LogP contribution in [0.5, 0.6) is 0 Å². The number of aryl methyl sites for hydroxylation is 3. The lowest BCUT2D eigenvalue weighted by molar-refractivity contribution is -0.120. The Kier molecular flexibility index (Phi) is 5.61. The van der Waals surface area contributed by atoms with Crippen LogP contribution in [0.15, 0.2) is 66.6 Å². The third-order valence-corrected chi connectivity index (χ3v) is 6.64. The predicted molar refractivity (Wildman–Crippen MR) is 132 cm³/mol. The Hall–Kier alpha value is -4.00. The van der Waals surface area contributed by atoms with Crippen LogP contribution in [0.3, 0.4) is 0 Å². The lowest BCUT2D eigenvalue weighted by Crippen LogP contribution is -2.48. The van der Waals surface area contributed by atoms with Gasteiger partial charge in [-0.2, -0.15) is 0 Å². The molecule has 0 aliphatic carbocycles. The molecular formula is C27H27N5O2. The highest BCUT2D eigenvalue weighted by Gasteiger charge is 2.43. The molecule has 2 aliphatic rings. The molecule has 0 spiro atoms. The van der Waals surface area contributed by atoms with Crippen LogP contribution in [0.1, 0.15) is 22.3 Å². The maximum atomic E-state index is 13.8. The number of benzene rings is 2. The van der Waals surface area contributed by atoms with E-state index in [1.54, 1.807) is 18.5 Å². The molecule has 172 valence electrons. The van der Waals surface area contributed by atoms with Crippen LogP contribution in [-0.2, 0) is 9.59 Å². The molecule has 1 aromatic heterocycles. The van der Waals surface area contributed by atoms with Gasteiger partial charge < -0.3 is 9.80 Å². The summed E-state index contributed by atoms with van der Waals surface area (Å²) in [5, 5.41) is 0. The second-order valence-corrected chi connectivity index (χ2v) is 8.78. The predicted octanol–water partition coefficient (Wildman–Crippen LogP) is 3.51. The summed E-state index contributed by atoms with van der Waals surface area (Å²) in [6.07, 6.45) is 3.46. The molecular weight excluding hydrogens is 426 g/mol. The van der Waals surface area contributed by atoms with Gasteiger partial charge in [0.2, 0.25) is 5.95 Å². The molecule has 2 aromatic carbocycles. The van der Waals surface area contributed by atoms with Crippen LogP contribution in [-0.4, -0.2) is 52.9 Å². The first-order valence-electron chi connectivity index (χ1n) is 11.5. The smallest absolute Gasteiger partial charge is 0.282 e. The number of hydrogen-bond donors (Lipinski definition) is 0. The van der Waals surface area contributed by atoms with Gasteiger partial charge in [-0.15, -0.1) is 0 Å². The zero-order valence-corrected chi connectivity index (χ0v) is 19.7. The van der Waals surface area contributed by atoms with Gasteiger partial charge in [0.1, 0.15) is 5.70 Å². The Bertz CT molecular complexity index is 1290. The highest BCUT2D eigenvalue weighted by Crippen LogP contribution is 2.37. The highest BCUT2D eigenvalue weighted by atomic mass is 16.2. The zero-order valence-electron chi connectivity index (χ0n) is 19.7. The average molecular weight is 454 g/mol. The number of hydrogen-bond acceptors (Lipinski definition) is 6. The van der Waals surface area contributed by atoms with Gasteiger partial charge in [0.25, 0.3) is 11.8 Å². The van der Waals surface area contributed by atoms with E-state index >= 15 is 0 Å². The normalized spacial score (nSPS) is 16.6. The van der Waals surface area contributed by atoms with Crippen molar-refractivity contribution in [2.75, 3.05) is 36.0 Å². The summed E-state index contributed by atoms with van der Waals surface area (Å²) >= 11 is 0. The SMILES string of the molecule is Cc1ccc(C2=C(N3CCN(c4ncccn4)CC3)C(=O)N(c3ccccc3C)C2=O)cc1C. The van der Waals surface area contributed by atoms with Crippen molar-refractivity contribution in [1.82, 2.24) is 14.9 Å². The Morgan fingerprint density at radius 2 is 1.38 bits per heavy atom. The molecule has 34 heavy (non-hydrogen) atoms. The van der Waals surface area contributed by atoms with Crippen LogP contribution < -0.4 is 9.80 Å². The Labute approximate surface area is 199 Å². The molecule has 0 radical (unpaired) electrons. The van der Waals surface area contributed by atoms with Gasteiger partial charge in [0, 0.05) is 38.6 Å². The van der Waals surface area contributed by atoms with Crippen LogP contribution in [0.4, 0.5) is 11.6 Å². The molecule has 0 unspecified atom stereocenters. The third kappa shape index (κ3) is 3.73. The van der Waals surface area contributed by atoms with Gasteiger partial charge in [-0.1, -0.05) is 36.4 Å². The Balaban J connectivity index is 1.54. The molecule has 5 rings (SSSR count). The first kappa shape index (κ1) is 21.8. The summed E-state index contributed by atoms with van der Waals surface area (Å²) in [5.41, 5.74) is 5.48. The van der Waals surface area contributed by atoms with Crippen molar-refractivity contribution < 1.29 is 9.59 Å². The number of carbonyl (C=O) groups excluding carboxylic acids is 2. The topological polar surface area (TPSA) is 69.6 Å². The number of rotatable bonds is 4. The Morgan fingerprint density at radius 3 is 2.06 bits per heavy atom. The van der Waals surface area contributed by atoms with E-state index in [1.807, 2.05) is 68.1 Å². The largest absolute Gasteiger partial charge is 0.363 e. The number of piperazine rings is 1. The highest BCUT2D eigenvalue weighted by molar-refractivity contribution is 6.45. The molecule has 3 heterocycles. The van der Waals surface area contributed by atoms with Gasteiger partial charge in [0.15, 0.2) is 0 Å². The van der Waals surface area contributed by atoms with Gasteiger partial charge >= 0.3 is 0 Å². The lowest BCUT2D eigenvalue weighted by atomic mass is 9.99. The first-order valence-corrected chi connectivity index (χ1v) is 11.5. The molecule has 0 atom stereocenters.